The predicted octanol–water partition coefficient (Wildman–Crippen LogP) is 5.21. The molecule has 5 rings (SSSR count). The van der Waals surface area contributed by atoms with Gasteiger partial charge in [0.1, 0.15) is 0 Å². The molecule has 32 heavy (non-hydrogen) atoms. The number of fused-ring (bicyclic) bond motifs is 2. The van der Waals surface area contributed by atoms with Gasteiger partial charge in [-0.25, -0.2) is 8.78 Å². The molecule has 0 aliphatic carbocycles. The van der Waals surface area contributed by atoms with Gasteiger partial charge < -0.3 is 9.80 Å². The van der Waals surface area contributed by atoms with E-state index in [1.165, 1.54) is 17.8 Å². The molecule has 0 radical (unpaired) electrons. The summed E-state index contributed by atoms with van der Waals surface area (Å²) >= 11 is 7.37. The van der Waals surface area contributed by atoms with E-state index in [0.717, 1.165) is 17.7 Å². The summed E-state index contributed by atoms with van der Waals surface area (Å²) in [6.45, 7) is 0.476. The number of rotatable bonds is 3. The molecule has 2 aliphatic rings. The first-order valence-electron chi connectivity index (χ1n) is 9.99. The van der Waals surface area contributed by atoms with Crippen molar-refractivity contribution in [2.45, 2.75) is 11.4 Å². The first-order valence-corrected chi connectivity index (χ1v) is 11.3. The molecule has 0 unspecified atom stereocenters. The Morgan fingerprint density at radius 1 is 1.03 bits per heavy atom. The minimum Gasteiger partial charge on any atom is -0.311 e. The minimum absolute atomic E-state index is 0.0678. The van der Waals surface area contributed by atoms with Crippen molar-refractivity contribution in [2.75, 3.05) is 17.2 Å². The molecule has 2 amide bonds. The normalized spacial score (nSPS) is 19.7. The van der Waals surface area contributed by atoms with Gasteiger partial charge in [0.25, 0.3) is 11.8 Å². The highest BCUT2D eigenvalue weighted by Gasteiger charge is 2.59. The third kappa shape index (κ3) is 3.19. The van der Waals surface area contributed by atoms with E-state index in [2.05, 4.69) is 0 Å². The van der Waals surface area contributed by atoms with E-state index in [9.17, 15) is 18.4 Å². The van der Waals surface area contributed by atoms with Crippen molar-refractivity contribution < 1.29 is 18.4 Å². The average Bonchev–Trinajstić information content (AvgIpc) is 3.34. The SMILES string of the molecule is O=C(c1ccc(Cl)cc1)N1CCS[C@]12C(=O)N(Cc1ccc(F)c(F)c1)c1ccccc12. The fourth-order valence-electron chi connectivity index (χ4n) is 4.29. The molecule has 3 aromatic carbocycles. The molecule has 0 aromatic heterocycles. The second kappa shape index (κ2) is 7.90. The van der Waals surface area contributed by atoms with E-state index in [0.29, 0.717) is 34.1 Å². The third-order valence-corrected chi connectivity index (χ3v) is 7.43. The topological polar surface area (TPSA) is 40.6 Å². The van der Waals surface area contributed by atoms with Crippen LogP contribution in [0.5, 0.6) is 0 Å². The van der Waals surface area contributed by atoms with Gasteiger partial charge in [0.05, 0.1) is 12.2 Å². The highest BCUT2D eigenvalue weighted by Crippen LogP contribution is 2.54. The van der Waals surface area contributed by atoms with Crippen molar-refractivity contribution in [3.63, 3.8) is 0 Å². The molecule has 0 N–H and O–H groups in total. The van der Waals surface area contributed by atoms with Crippen LogP contribution in [0.3, 0.4) is 0 Å². The van der Waals surface area contributed by atoms with E-state index in [1.54, 1.807) is 34.1 Å². The van der Waals surface area contributed by atoms with Gasteiger partial charge in [-0.1, -0.05) is 35.9 Å². The van der Waals surface area contributed by atoms with Crippen molar-refractivity contribution >= 4 is 40.9 Å². The zero-order valence-corrected chi connectivity index (χ0v) is 18.3. The monoisotopic (exact) mass is 470 g/mol. The highest BCUT2D eigenvalue weighted by molar-refractivity contribution is 8.01. The number of nitrogens with zero attached hydrogens (tertiary/aromatic N) is 2. The summed E-state index contributed by atoms with van der Waals surface area (Å²) in [5.41, 5.74) is 2.28. The lowest BCUT2D eigenvalue weighted by atomic mass is 10.0. The lowest BCUT2D eigenvalue weighted by Crippen LogP contribution is -2.50. The molecule has 1 spiro atoms. The van der Waals surface area contributed by atoms with Crippen molar-refractivity contribution in [1.29, 1.82) is 0 Å². The van der Waals surface area contributed by atoms with Crippen LogP contribution >= 0.6 is 23.4 Å². The Kier molecular flexibility index (Phi) is 5.18. The molecule has 2 heterocycles. The summed E-state index contributed by atoms with van der Waals surface area (Å²) < 4.78 is 27.2. The number of hydrogen-bond acceptors (Lipinski definition) is 3. The number of amides is 2. The maximum absolute atomic E-state index is 13.9. The zero-order valence-electron chi connectivity index (χ0n) is 16.7. The van der Waals surface area contributed by atoms with E-state index < -0.39 is 16.5 Å². The van der Waals surface area contributed by atoms with Gasteiger partial charge in [0, 0.05) is 28.4 Å². The summed E-state index contributed by atoms with van der Waals surface area (Å²) in [5, 5.41) is 0.520. The minimum atomic E-state index is -1.20. The second-order valence-electron chi connectivity index (χ2n) is 7.61. The summed E-state index contributed by atoms with van der Waals surface area (Å²) in [6.07, 6.45) is 0. The van der Waals surface area contributed by atoms with E-state index >= 15 is 0 Å². The van der Waals surface area contributed by atoms with Crippen LogP contribution in [0.1, 0.15) is 21.5 Å². The van der Waals surface area contributed by atoms with E-state index in [-0.39, 0.29) is 18.4 Å². The Hall–Kier alpha value is -2.90. The standard InChI is InChI=1S/C24H17ClF2N2O2S/c25-17-8-6-16(7-9-17)22(30)29-11-12-32-24(29)18-3-1-2-4-21(18)28(23(24)31)14-15-5-10-19(26)20(27)13-15/h1-10,13H,11-12,14H2/t24-/m1/s1. The molecule has 4 nitrogen and oxygen atoms in total. The number of benzene rings is 3. The predicted molar refractivity (Wildman–Crippen MR) is 121 cm³/mol. The fraction of sp³-hybridized carbons (Fsp3) is 0.167. The first kappa shape index (κ1) is 21.0. The smallest absolute Gasteiger partial charge is 0.268 e. The molecule has 0 bridgehead atoms. The van der Waals surface area contributed by atoms with Crippen molar-refractivity contribution in [3.05, 3.63) is 100 Å². The molecule has 1 saturated heterocycles. The number of carbonyl (C=O) groups excluding carboxylic acids is 2. The van der Waals surface area contributed by atoms with Gasteiger partial charge in [-0.2, -0.15) is 0 Å². The van der Waals surface area contributed by atoms with Gasteiger partial charge in [-0.15, -0.1) is 11.8 Å². The van der Waals surface area contributed by atoms with Crippen molar-refractivity contribution in [1.82, 2.24) is 4.90 Å². The number of thioether (sulfide) groups is 1. The zero-order chi connectivity index (χ0) is 22.5. The summed E-state index contributed by atoms with van der Waals surface area (Å²) in [7, 11) is 0. The van der Waals surface area contributed by atoms with Crippen LogP contribution in [-0.2, 0) is 16.2 Å². The molecule has 8 heteroatoms. The highest BCUT2D eigenvalue weighted by atomic mass is 35.5. The van der Waals surface area contributed by atoms with Gasteiger partial charge in [0.15, 0.2) is 16.5 Å². The van der Waals surface area contributed by atoms with Crippen LogP contribution in [0.25, 0.3) is 0 Å². The summed E-state index contributed by atoms with van der Waals surface area (Å²) in [5.74, 6) is -1.84. The Morgan fingerprint density at radius 3 is 2.53 bits per heavy atom. The number of carbonyl (C=O) groups is 2. The van der Waals surface area contributed by atoms with Crippen LogP contribution in [0.15, 0.2) is 66.7 Å². The van der Waals surface area contributed by atoms with Crippen LogP contribution in [0, 0.1) is 11.6 Å². The molecule has 1 fully saturated rings. The quantitative estimate of drug-likeness (QED) is 0.528. The molecule has 2 aliphatic heterocycles. The molecular weight excluding hydrogens is 454 g/mol. The maximum atomic E-state index is 13.9. The molecule has 162 valence electrons. The molecule has 0 saturated carbocycles. The number of hydrogen-bond donors (Lipinski definition) is 0. The summed E-state index contributed by atoms with van der Waals surface area (Å²) in [6, 6.07) is 17.5. The van der Waals surface area contributed by atoms with Crippen LogP contribution in [-0.4, -0.2) is 29.0 Å². The lowest BCUT2D eigenvalue weighted by Gasteiger charge is -2.33. The van der Waals surface area contributed by atoms with Gasteiger partial charge in [-0.3, -0.25) is 9.59 Å². The Labute approximate surface area is 192 Å². The molecular formula is C24H17ClF2N2O2S. The second-order valence-corrected chi connectivity index (χ2v) is 9.34. The van der Waals surface area contributed by atoms with Crippen LogP contribution < -0.4 is 4.90 Å². The summed E-state index contributed by atoms with van der Waals surface area (Å²) in [4.78, 5) is 29.2. The van der Waals surface area contributed by atoms with Gasteiger partial charge >= 0.3 is 0 Å². The Morgan fingerprint density at radius 2 is 1.78 bits per heavy atom. The Balaban J connectivity index is 1.56. The molecule has 3 aromatic rings. The molecule has 1 atom stereocenters. The van der Waals surface area contributed by atoms with Gasteiger partial charge in [-0.05, 0) is 48.0 Å². The maximum Gasteiger partial charge on any atom is 0.268 e. The Bertz CT molecular complexity index is 1240. The lowest BCUT2D eigenvalue weighted by molar-refractivity contribution is -0.123. The third-order valence-electron chi connectivity index (χ3n) is 5.76. The van der Waals surface area contributed by atoms with Crippen LogP contribution in [0.2, 0.25) is 5.02 Å². The number of halogens is 3. The van der Waals surface area contributed by atoms with Crippen molar-refractivity contribution in [2.24, 2.45) is 0 Å². The van der Waals surface area contributed by atoms with E-state index in [4.69, 9.17) is 11.6 Å². The number of anilines is 1. The van der Waals surface area contributed by atoms with Gasteiger partial charge in [0.2, 0.25) is 0 Å². The van der Waals surface area contributed by atoms with Crippen molar-refractivity contribution in [3.8, 4) is 0 Å². The van der Waals surface area contributed by atoms with E-state index in [1.807, 2.05) is 24.3 Å². The first-order chi connectivity index (χ1) is 15.4. The number of para-hydroxylation sites is 1. The average molecular weight is 471 g/mol. The largest absolute Gasteiger partial charge is 0.311 e. The fourth-order valence-corrected chi connectivity index (χ4v) is 5.88. The van der Waals surface area contributed by atoms with Crippen LogP contribution in [0.4, 0.5) is 14.5 Å².